The van der Waals surface area contributed by atoms with E-state index in [0.29, 0.717) is 6.54 Å². The molecule has 2 aromatic rings. The summed E-state index contributed by atoms with van der Waals surface area (Å²) in [6, 6.07) is 0. The van der Waals surface area contributed by atoms with E-state index in [1.807, 2.05) is 12.4 Å². The summed E-state index contributed by atoms with van der Waals surface area (Å²) in [5.41, 5.74) is 9.10. The molecule has 0 unspecified atom stereocenters. The van der Waals surface area contributed by atoms with Gasteiger partial charge in [-0.15, -0.1) is 0 Å². The van der Waals surface area contributed by atoms with Crippen LogP contribution in [0, 0.1) is 0 Å². The number of fused-ring (bicyclic) bond motifs is 3. The van der Waals surface area contributed by atoms with Crippen LogP contribution in [0.3, 0.4) is 0 Å². The number of hydrogen-bond acceptors (Lipinski definition) is 3. The Kier molecular flexibility index (Phi) is 1.85. The van der Waals surface area contributed by atoms with Gasteiger partial charge >= 0.3 is 0 Å². The van der Waals surface area contributed by atoms with Crippen LogP contribution in [-0.4, -0.2) is 26.3 Å². The summed E-state index contributed by atoms with van der Waals surface area (Å²) in [5.74, 6) is 1.08. The molecule has 5 nitrogen and oxygen atoms in total. The summed E-state index contributed by atoms with van der Waals surface area (Å²) >= 11 is 0. The highest BCUT2D eigenvalue weighted by Gasteiger charge is 2.20. The van der Waals surface area contributed by atoms with Gasteiger partial charge in [0.2, 0.25) is 0 Å². The first kappa shape index (κ1) is 8.67. The predicted molar refractivity (Wildman–Crippen MR) is 56.3 cm³/mol. The van der Waals surface area contributed by atoms with Crippen LogP contribution in [0.2, 0.25) is 0 Å². The number of nitrogens with two attached hydrogens (primary N) is 1. The highest BCUT2D eigenvalue weighted by molar-refractivity contribution is 5.62. The summed E-state index contributed by atoms with van der Waals surface area (Å²) in [7, 11) is 0. The van der Waals surface area contributed by atoms with E-state index in [9.17, 15) is 0 Å². The van der Waals surface area contributed by atoms with Crippen molar-refractivity contribution >= 4 is 0 Å². The normalized spacial score (nSPS) is 13.7. The second-order valence-electron chi connectivity index (χ2n) is 3.76. The predicted octanol–water partition coefficient (Wildman–Crippen LogP) is 0.330. The molecule has 0 radical (unpaired) electrons. The fourth-order valence-corrected chi connectivity index (χ4v) is 2.15. The summed E-state index contributed by atoms with van der Waals surface area (Å²) < 4.78 is 2.24. The lowest BCUT2D eigenvalue weighted by molar-refractivity contribution is 0.632. The molecule has 0 amide bonds. The van der Waals surface area contributed by atoms with Crippen molar-refractivity contribution in [3.05, 3.63) is 23.9 Å². The third-order valence-corrected chi connectivity index (χ3v) is 2.89. The quantitative estimate of drug-likeness (QED) is 0.738. The van der Waals surface area contributed by atoms with E-state index >= 15 is 0 Å². The number of H-pyrrole nitrogens is 1. The number of aromatic nitrogens is 4. The third-order valence-electron chi connectivity index (χ3n) is 2.89. The smallest absolute Gasteiger partial charge is 0.110 e. The van der Waals surface area contributed by atoms with Gasteiger partial charge in [-0.1, -0.05) is 0 Å². The zero-order valence-electron chi connectivity index (χ0n) is 8.40. The maximum Gasteiger partial charge on any atom is 0.110 e. The van der Waals surface area contributed by atoms with Gasteiger partial charge < -0.3 is 10.3 Å². The highest BCUT2D eigenvalue weighted by Crippen LogP contribution is 2.28. The van der Waals surface area contributed by atoms with Crippen molar-refractivity contribution in [3.63, 3.8) is 0 Å². The average Bonchev–Trinajstić information content (AvgIpc) is 2.83. The fraction of sp³-hybridized carbons (Fsp3) is 0.400. The van der Waals surface area contributed by atoms with Gasteiger partial charge in [0.15, 0.2) is 0 Å². The van der Waals surface area contributed by atoms with Gasteiger partial charge in [0.1, 0.15) is 5.82 Å². The van der Waals surface area contributed by atoms with Gasteiger partial charge in [-0.2, -0.15) is 5.10 Å². The van der Waals surface area contributed by atoms with E-state index in [0.717, 1.165) is 30.9 Å². The monoisotopic (exact) mass is 203 g/mol. The number of aromatic amines is 1. The van der Waals surface area contributed by atoms with Gasteiger partial charge in [0.25, 0.3) is 0 Å². The van der Waals surface area contributed by atoms with Crippen LogP contribution in [-0.2, 0) is 19.4 Å². The maximum absolute atomic E-state index is 5.56. The molecule has 0 fully saturated rings. The molecule has 3 N–H and O–H groups in total. The first-order chi connectivity index (χ1) is 7.40. The Bertz CT molecular complexity index is 482. The molecule has 1 aliphatic heterocycles. The molecule has 0 saturated heterocycles. The zero-order chi connectivity index (χ0) is 10.3. The summed E-state index contributed by atoms with van der Waals surface area (Å²) in [6.45, 7) is 1.62. The van der Waals surface area contributed by atoms with Gasteiger partial charge in [0.05, 0.1) is 18.1 Å². The number of imidazole rings is 1. The maximum atomic E-state index is 5.56. The molecule has 0 saturated carbocycles. The summed E-state index contributed by atoms with van der Waals surface area (Å²) in [4.78, 5) is 4.41. The van der Waals surface area contributed by atoms with Crippen molar-refractivity contribution < 1.29 is 0 Å². The van der Waals surface area contributed by atoms with Crippen molar-refractivity contribution in [2.75, 3.05) is 6.54 Å². The number of aryl methyl sites for hydroxylation is 1. The van der Waals surface area contributed by atoms with E-state index in [1.165, 1.54) is 11.3 Å². The van der Waals surface area contributed by atoms with Gasteiger partial charge in [0, 0.05) is 30.6 Å². The van der Waals surface area contributed by atoms with Gasteiger partial charge in [-0.3, -0.25) is 5.10 Å². The zero-order valence-corrected chi connectivity index (χ0v) is 8.40. The molecular weight excluding hydrogens is 190 g/mol. The van der Waals surface area contributed by atoms with Crippen LogP contribution in [0.1, 0.15) is 11.5 Å². The minimum absolute atomic E-state index is 0.648. The number of nitrogens with zero attached hydrogens (tertiary/aromatic N) is 3. The molecule has 15 heavy (non-hydrogen) atoms. The molecule has 2 aromatic heterocycles. The van der Waals surface area contributed by atoms with E-state index in [2.05, 4.69) is 19.7 Å². The second-order valence-corrected chi connectivity index (χ2v) is 3.76. The fourth-order valence-electron chi connectivity index (χ4n) is 2.15. The molecular formula is C10H13N5. The Morgan fingerprint density at radius 1 is 1.47 bits per heavy atom. The van der Waals surface area contributed by atoms with E-state index < -0.39 is 0 Å². The first-order valence-corrected chi connectivity index (χ1v) is 5.17. The van der Waals surface area contributed by atoms with Crippen molar-refractivity contribution in [3.8, 4) is 11.3 Å². The lowest BCUT2D eigenvalue weighted by Gasteiger charge is -2.16. The van der Waals surface area contributed by atoms with Crippen molar-refractivity contribution in [1.82, 2.24) is 19.7 Å². The summed E-state index contributed by atoms with van der Waals surface area (Å²) in [5, 5.41) is 7.09. The Labute approximate surface area is 87.3 Å². The Balaban J connectivity index is 2.11. The van der Waals surface area contributed by atoms with Crippen molar-refractivity contribution in [2.45, 2.75) is 19.4 Å². The van der Waals surface area contributed by atoms with Crippen LogP contribution >= 0.6 is 0 Å². The highest BCUT2D eigenvalue weighted by atomic mass is 15.1. The van der Waals surface area contributed by atoms with Crippen molar-refractivity contribution in [1.29, 1.82) is 0 Å². The molecule has 0 aromatic carbocycles. The van der Waals surface area contributed by atoms with Crippen LogP contribution in [0.15, 0.2) is 12.4 Å². The van der Waals surface area contributed by atoms with Gasteiger partial charge in [-0.05, 0) is 6.54 Å². The lowest BCUT2D eigenvalue weighted by atomic mass is 10.1. The van der Waals surface area contributed by atoms with E-state index in [1.54, 1.807) is 0 Å². The minimum atomic E-state index is 0.648. The number of nitrogens with one attached hydrogen (secondary N) is 1. The largest absolute Gasteiger partial charge is 0.330 e. The summed E-state index contributed by atoms with van der Waals surface area (Å²) in [6.07, 6.45) is 5.62. The Hall–Kier alpha value is -1.62. The number of rotatable bonds is 2. The van der Waals surface area contributed by atoms with E-state index in [4.69, 9.17) is 5.73 Å². The molecule has 0 spiro atoms. The first-order valence-electron chi connectivity index (χ1n) is 5.17. The molecule has 0 atom stereocenters. The standard InChI is InChI=1S/C10H13N5/c11-3-1-10-12-6-9-7-5-13-14-8(7)2-4-15(9)10/h5-6H,1-4,11H2,(H,13,14). The number of hydrogen-bond donors (Lipinski definition) is 2. The molecule has 3 heterocycles. The van der Waals surface area contributed by atoms with Crippen LogP contribution < -0.4 is 5.73 Å². The second kappa shape index (κ2) is 3.20. The Morgan fingerprint density at radius 3 is 3.27 bits per heavy atom. The molecule has 0 bridgehead atoms. The van der Waals surface area contributed by atoms with Crippen LogP contribution in [0.4, 0.5) is 0 Å². The van der Waals surface area contributed by atoms with E-state index in [-0.39, 0.29) is 0 Å². The SMILES string of the molecule is NCCc1ncc2n1CCc1[nH]ncc1-2. The Morgan fingerprint density at radius 2 is 2.40 bits per heavy atom. The average molecular weight is 203 g/mol. The molecule has 3 rings (SSSR count). The topological polar surface area (TPSA) is 72.5 Å². The van der Waals surface area contributed by atoms with Crippen LogP contribution in [0.25, 0.3) is 11.3 Å². The minimum Gasteiger partial charge on any atom is -0.330 e. The third kappa shape index (κ3) is 1.20. The van der Waals surface area contributed by atoms with Gasteiger partial charge in [-0.25, -0.2) is 4.98 Å². The van der Waals surface area contributed by atoms with Crippen molar-refractivity contribution in [2.24, 2.45) is 5.73 Å². The molecule has 1 aliphatic rings. The van der Waals surface area contributed by atoms with Crippen LogP contribution in [0.5, 0.6) is 0 Å². The molecule has 5 heteroatoms. The molecule has 0 aliphatic carbocycles. The molecule has 78 valence electrons. The lowest BCUT2D eigenvalue weighted by Crippen LogP contribution is -2.15.